The molecule has 1 heterocycles. The summed E-state index contributed by atoms with van der Waals surface area (Å²) in [5.41, 5.74) is 2.60. The number of amides is 1. The molecule has 1 saturated carbocycles. The third-order valence-corrected chi connectivity index (χ3v) is 7.12. The molecule has 3 aromatic rings. The van der Waals surface area contributed by atoms with Crippen LogP contribution in [0.1, 0.15) is 32.1 Å². The molecule has 0 unspecified atom stereocenters. The quantitative estimate of drug-likeness (QED) is 0.284. The summed E-state index contributed by atoms with van der Waals surface area (Å²) >= 11 is 8.87. The summed E-state index contributed by atoms with van der Waals surface area (Å²) in [6.07, 6.45) is 6.60. The first kappa shape index (κ1) is 22.0. The maximum absolute atomic E-state index is 12.1. The van der Waals surface area contributed by atoms with E-state index in [-0.39, 0.29) is 11.7 Å². The zero-order chi connectivity index (χ0) is 21.5. The van der Waals surface area contributed by atoms with Crippen molar-refractivity contribution in [1.82, 2.24) is 10.2 Å². The molecule has 0 bridgehead atoms. The topological polar surface area (TPSA) is 80.1 Å². The maximum Gasteiger partial charge on any atom is 0.277 e. The number of aromatic nitrogens is 2. The summed E-state index contributed by atoms with van der Waals surface area (Å²) in [7, 11) is 0. The number of carbonyl (C=O) groups is 1. The van der Waals surface area contributed by atoms with Crippen LogP contribution in [0, 0.1) is 0 Å². The average molecular weight is 475 g/mol. The van der Waals surface area contributed by atoms with Crippen LogP contribution in [0.25, 0.3) is 11.5 Å². The van der Waals surface area contributed by atoms with E-state index in [9.17, 15) is 4.79 Å². The minimum absolute atomic E-state index is 0.155. The minimum Gasteiger partial charge on any atom is -0.411 e. The predicted molar refractivity (Wildman–Crippen MR) is 129 cm³/mol. The number of rotatable bonds is 8. The average Bonchev–Trinajstić information content (AvgIpc) is 3.28. The molecule has 31 heavy (non-hydrogen) atoms. The van der Waals surface area contributed by atoms with Gasteiger partial charge in [-0.1, -0.05) is 42.6 Å². The van der Waals surface area contributed by atoms with Crippen LogP contribution in [0.4, 0.5) is 11.4 Å². The number of nitrogens with zero attached hydrogens (tertiary/aromatic N) is 2. The third kappa shape index (κ3) is 6.66. The fourth-order valence-electron chi connectivity index (χ4n) is 3.26. The first-order chi connectivity index (χ1) is 15.2. The van der Waals surface area contributed by atoms with Crippen molar-refractivity contribution in [3.8, 4) is 11.5 Å². The summed E-state index contributed by atoms with van der Waals surface area (Å²) in [4.78, 5) is 12.1. The van der Waals surface area contributed by atoms with Gasteiger partial charge in [0.25, 0.3) is 5.22 Å². The van der Waals surface area contributed by atoms with Crippen LogP contribution >= 0.6 is 35.3 Å². The van der Waals surface area contributed by atoms with E-state index in [0.29, 0.717) is 27.1 Å². The maximum atomic E-state index is 12.1. The lowest BCUT2D eigenvalue weighted by molar-refractivity contribution is -0.113. The second kappa shape index (κ2) is 10.9. The molecule has 0 atom stereocenters. The molecule has 1 aliphatic rings. The minimum atomic E-state index is -0.155. The number of thioether (sulfide) groups is 1. The third-order valence-electron chi connectivity index (χ3n) is 4.89. The SMILES string of the molecule is O=C(CSc1nnc(-c2ccc(NSC3CCCCC3)cc2)o1)Nc1ccc(Cl)cc1. The molecule has 0 spiro atoms. The number of hydrogen-bond acceptors (Lipinski definition) is 7. The number of carbonyl (C=O) groups excluding carboxylic acids is 1. The molecule has 1 aromatic heterocycles. The van der Waals surface area contributed by atoms with Crippen LogP contribution in [0.3, 0.4) is 0 Å². The van der Waals surface area contributed by atoms with Crippen molar-refractivity contribution in [3.05, 3.63) is 53.6 Å². The molecular formula is C22H23ClN4O2S2. The molecular weight excluding hydrogens is 452 g/mol. The molecule has 0 aliphatic heterocycles. The van der Waals surface area contributed by atoms with E-state index in [1.807, 2.05) is 36.2 Å². The Labute approximate surface area is 195 Å². The Morgan fingerprint density at radius 1 is 1.00 bits per heavy atom. The van der Waals surface area contributed by atoms with Gasteiger partial charge in [-0.2, -0.15) is 0 Å². The number of anilines is 2. The summed E-state index contributed by atoms with van der Waals surface area (Å²) < 4.78 is 9.15. The smallest absolute Gasteiger partial charge is 0.277 e. The van der Waals surface area contributed by atoms with Gasteiger partial charge in [0.05, 0.1) is 5.75 Å². The van der Waals surface area contributed by atoms with E-state index in [1.165, 1.54) is 43.9 Å². The van der Waals surface area contributed by atoms with Gasteiger partial charge < -0.3 is 14.5 Å². The van der Waals surface area contributed by atoms with E-state index in [0.717, 1.165) is 11.3 Å². The van der Waals surface area contributed by atoms with Gasteiger partial charge in [0.1, 0.15) is 0 Å². The van der Waals surface area contributed by atoms with Crippen LogP contribution in [-0.2, 0) is 4.79 Å². The van der Waals surface area contributed by atoms with E-state index in [2.05, 4.69) is 20.2 Å². The fraction of sp³-hybridized carbons (Fsp3) is 0.318. The van der Waals surface area contributed by atoms with Gasteiger partial charge in [-0.15, -0.1) is 10.2 Å². The van der Waals surface area contributed by atoms with Crippen LogP contribution in [0.15, 0.2) is 58.2 Å². The highest BCUT2D eigenvalue weighted by atomic mass is 35.5. The molecule has 6 nitrogen and oxygen atoms in total. The second-order valence-corrected chi connectivity index (χ2v) is 9.74. The number of hydrogen-bond donors (Lipinski definition) is 2. The van der Waals surface area contributed by atoms with Gasteiger partial charge in [-0.25, -0.2) is 0 Å². The normalized spacial score (nSPS) is 14.4. The van der Waals surface area contributed by atoms with Crippen LogP contribution in [0.5, 0.6) is 0 Å². The lowest BCUT2D eigenvalue weighted by Crippen LogP contribution is -2.13. The molecule has 1 fully saturated rings. The Kier molecular flexibility index (Phi) is 7.77. The zero-order valence-electron chi connectivity index (χ0n) is 16.8. The summed E-state index contributed by atoms with van der Waals surface area (Å²) in [6.45, 7) is 0. The molecule has 162 valence electrons. The largest absolute Gasteiger partial charge is 0.411 e. The van der Waals surface area contributed by atoms with E-state index < -0.39 is 0 Å². The van der Waals surface area contributed by atoms with Crippen LogP contribution in [0.2, 0.25) is 5.02 Å². The molecule has 0 radical (unpaired) electrons. The molecule has 1 amide bonds. The highest BCUT2D eigenvalue weighted by molar-refractivity contribution is 8.01. The highest BCUT2D eigenvalue weighted by Gasteiger charge is 2.14. The number of halogens is 1. The predicted octanol–water partition coefficient (Wildman–Crippen LogP) is 6.51. The van der Waals surface area contributed by atoms with E-state index in [1.54, 1.807) is 24.3 Å². The first-order valence-corrected chi connectivity index (χ1v) is 12.4. The van der Waals surface area contributed by atoms with Crippen molar-refractivity contribution in [3.63, 3.8) is 0 Å². The van der Waals surface area contributed by atoms with Gasteiger partial charge >= 0.3 is 0 Å². The van der Waals surface area contributed by atoms with Crippen molar-refractivity contribution in [1.29, 1.82) is 0 Å². The fourth-order valence-corrected chi connectivity index (χ4v) is 4.95. The van der Waals surface area contributed by atoms with Crippen molar-refractivity contribution in [2.45, 2.75) is 42.6 Å². The Bertz CT molecular complexity index is 990. The molecule has 9 heteroatoms. The summed E-state index contributed by atoms with van der Waals surface area (Å²) in [6, 6.07) is 14.9. The van der Waals surface area contributed by atoms with E-state index in [4.69, 9.17) is 16.0 Å². The van der Waals surface area contributed by atoms with Crippen molar-refractivity contribution >= 4 is 52.6 Å². The lowest BCUT2D eigenvalue weighted by Gasteiger charge is -2.21. The summed E-state index contributed by atoms with van der Waals surface area (Å²) in [5.74, 6) is 0.455. The van der Waals surface area contributed by atoms with Gasteiger partial charge in [-0.05, 0) is 73.3 Å². The Hall–Kier alpha value is -2.16. The van der Waals surface area contributed by atoms with Gasteiger partial charge in [-0.3, -0.25) is 4.79 Å². The van der Waals surface area contributed by atoms with Crippen LogP contribution in [-0.4, -0.2) is 27.1 Å². The molecule has 4 rings (SSSR count). The van der Waals surface area contributed by atoms with E-state index >= 15 is 0 Å². The van der Waals surface area contributed by atoms with Gasteiger partial charge in [0.15, 0.2) is 0 Å². The van der Waals surface area contributed by atoms with Gasteiger partial charge in [0.2, 0.25) is 11.8 Å². The zero-order valence-corrected chi connectivity index (χ0v) is 19.2. The van der Waals surface area contributed by atoms with Gasteiger partial charge in [0, 0.05) is 27.2 Å². The Morgan fingerprint density at radius 2 is 1.71 bits per heavy atom. The van der Waals surface area contributed by atoms with Crippen LogP contribution < -0.4 is 10.0 Å². The number of nitrogens with one attached hydrogen (secondary N) is 2. The molecule has 2 N–H and O–H groups in total. The molecule has 2 aromatic carbocycles. The summed E-state index contributed by atoms with van der Waals surface area (Å²) in [5, 5.41) is 12.6. The monoisotopic (exact) mass is 474 g/mol. The molecule has 1 aliphatic carbocycles. The highest BCUT2D eigenvalue weighted by Crippen LogP contribution is 2.30. The van der Waals surface area contributed by atoms with Crippen molar-refractivity contribution in [2.75, 3.05) is 15.8 Å². The Morgan fingerprint density at radius 3 is 2.45 bits per heavy atom. The second-order valence-electron chi connectivity index (χ2n) is 7.27. The lowest BCUT2D eigenvalue weighted by atomic mass is 10.0. The van der Waals surface area contributed by atoms with Crippen molar-refractivity contribution < 1.29 is 9.21 Å². The van der Waals surface area contributed by atoms with Crippen molar-refractivity contribution in [2.24, 2.45) is 0 Å². The number of benzene rings is 2. The standard InChI is InChI=1S/C22H23ClN4O2S2/c23-16-8-12-17(13-9-16)24-20(28)14-30-22-26-25-21(29-22)15-6-10-18(11-7-15)27-31-19-4-2-1-3-5-19/h6-13,19,27H,1-5,14H2,(H,24,28). The Balaban J connectivity index is 1.25. The first-order valence-electron chi connectivity index (χ1n) is 10.2. The molecule has 0 saturated heterocycles.